The molecule has 21 nitrogen and oxygen atoms in total. The van der Waals surface area contributed by atoms with E-state index in [2.05, 4.69) is 10.6 Å². The van der Waals surface area contributed by atoms with Crippen molar-refractivity contribution in [2.24, 2.45) is 0 Å². The van der Waals surface area contributed by atoms with Gasteiger partial charge < -0.3 is 90.5 Å². The minimum absolute atomic E-state index is 0.702. The number of aliphatic hydroxyl groups excluding tert-OH is 10. The highest BCUT2D eigenvalue weighted by molar-refractivity contribution is 5.76. The molecule has 0 aromatic carbocycles. The lowest BCUT2D eigenvalue weighted by atomic mass is 9.88. The normalized spacial score (nSPS) is 42.9. The van der Waals surface area contributed by atoms with Crippen LogP contribution in [-0.4, -0.2) is 191 Å². The quantitative estimate of drug-likeness (QED) is 0.0913. The number of carboxylic acid groups (broad SMARTS) is 1. The van der Waals surface area contributed by atoms with Crippen LogP contribution in [-0.2, 0) is 38.1 Å². The van der Waals surface area contributed by atoms with Crippen LogP contribution in [0, 0.1) is 0 Å². The summed E-state index contributed by atoms with van der Waals surface area (Å²) in [6, 6.07) is -2.98. The standard InChI is InChI=1S/C25H42N2O19/c1-7(30)26-13-9(32)3-25(24(40)41,46-21(13)15(34)10(33)4-28)42-6-12-16(35)18(37)19(38)23(44-12)45-20-14(27-8(2)31)22(39)43-11(5-29)17(20)36/h9-23,28-29,32-39H,3-6H2,1-2H3,(H,26,30)(H,27,31)(H,40,41). The van der Waals surface area contributed by atoms with Crippen LogP contribution < -0.4 is 10.6 Å². The number of aliphatic carboxylic acids is 1. The maximum absolute atomic E-state index is 12.4. The van der Waals surface area contributed by atoms with Gasteiger partial charge in [0.25, 0.3) is 5.79 Å². The zero-order valence-electron chi connectivity index (χ0n) is 24.7. The van der Waals surface area contributed by atoms with Gasteiger partial charge in [-0.3, -0.25) is 9.59 Å². The van der Waals surface area contributed by atoms with Gasteiger partial charge in [0.15, 0.2) is 12.6 Å². The zero-order valence-corrected chi connectivity index (χ0v) is 24.7. The van der Waals surface area contributed by atoms with Crippen LogP contribution in [0.15, 0.2) is 0 Å². The second kappa shape index (κ2) is 15.8. The van der Waals surface area contributed by atoms with E-state index in [4.69, 9.17) is 23.7 Å². The Morgan fingerprint density at radius 2 is 1.48 bits per heavy atom. The van der Waals surface area contributed by atoms with Crippen molar-refractivity contribution < 1.29 is 94.2 Å². The second-order valence-corrected chi connectivity index (χ2v) is 11.3. The number of aliphatic hydroxyl groups is 10. The first kappa shape index (κ1) is 38.3. The lowest BCUT2D eigenvalue weighted by molar-refractivity contribution is -0.356. The summed E-state index contributed by atoms with van der Waals surface area (Å²) in [6.07, 6.45) is -25.0. The minimum atomic E-state index is -2.85. The van der Waals surface area contributed by atoms with E-state index in [-0.39, 0.29) is 0 Å². The van der Waals surface area contributed by atoms with Gasteiger partial charge in [-0.05, 0) is 0 Å². The van der Waals surface area contributed by atoms with E-state index >= 15 is 0 Å². The van der Waals surface area contributed by atoms with Crippen LogP contribution in [0.3, 0.4) is 0 Å². The summed E-state index contributed by atoms with van der Waals surface area (Å²) in [7, 11) is 0. The number of hydrogen-bond donors (Lipinski definition) is 13. The molecule has 0 saturated carbocycles. The third kappa shape index (κ3) is 8.26. The Bertz CT molecular complexity index is 1050. The first-order valence-corrected chi connectivity index (χ1v) is 14.2. The molecule has 0 aromatic rings. The molecule has 3 saturated heterocycles. The zero-order chi connectivity index (χ0) is 34.7. The fraction of sp³-hybridized carbons (Fsp3) is 0.880. The molecule has 3 rings (SSSR count). The van der Waals surface area contributed by atoms with Crippen LogP contribution in [0.25, 0.3) is 0 Å². The van der Waals surface area contributed by atoms with Gasteiger partial charge in [0.1, 0.15) is 67.1 Å². The second-order valence-electron chi connectivity index (χ2n) is 11.3. The molecule has 3 fully saturated rings. The van der Waals surface area contributed by atoms with Gasteiger partial charge in [0.05, 0.1) is 32.0 Å². The monoisotopic (exact) mass is 674 g/mol. The molecule has 3 aliphatic heterocycles. The van der Waals surface area contributed by atoms with E-state index in [1.807, 2.05) is 0 Å². The first-order chi connectivity index (χ1) is 21.5. The number of nitrogens with one attached hydrogen (secondary N) is 2. The van der Waals surface area contributed by atoms with Crippen molar-refractivity contribution in [2.45, 2.75) is 118 Å². The molecule has 21 heteroatoms. The molecule has 13 N–H and O–H groups in total. The Hall–Kier alpha value is -2.19. The van der Waals surface area contributed by atoms with Crippen molar-refractivity contribution in [3.05, 3.63) is 0 Å². The van der Waals surface area contributed by atoms with Gasteiger partial charge in [-0.15, -0.1) is 0 Å². The van der Waals surface area contributed by atoms with E-state index in [0.29, 0.717) is 0 Å². The molecular weight excluding hydrogens is 632 g/mol. The molecule has 2 amide bonds. The van der Waals surface area contributed by atoms with Crippen LogP contribution in [0.5, 0.6) is 0 Å². The van der Waals surface area contributed by atoms with E-state index in [0.717, 1.165) is 13.8 Å². The predicted octanol–water partition coefficient (Wildman–Crippen LogP) is -8.08. The van der Waals surface area contributed by atoms with Crippen LogP contribution in [0.4, 0.5) is 0 Å². The highest BCUT2D eigenvalue weighted by Crippen LogP contribution is 2.35. The number of amides is 2. The number of ether oxygens (including phenoxy) is 5. The SMILES string of the molecule is CC(=O)NC1C(O)CC(OCC2OC(OC3C(O)C(CO)OC(O)C3NC(C)=O)C(O)C(O)C2O)(C(=O)O)OC1C(O)C(O)CO. The molecule has 46 heavy (non-hydrogen) atoms. The topological polar surface area (TPSA) is 344 Å². The highest BCUT2D eigenvalue weighted by atomic mass is 16.8. The van der Waals surface area contributed by atoms with Gasteiger partial charge >= 0.3 is 5.97 Å². The van der Waals surface area contributed by atoms with Crippen LogP contribution in [0.2, 0.25) is 0 Å². The van der Waals surface area contributed by atoms with E-state index in [9.17, 15) is 70.6 Å². The van der Waals surface area contributed by atoms with Gasteiger partial charge in [0, 0.05) is 20.3 Å². The minimum Gasteiger partial charge on any atom is -0.477 e. The summed E-state index contributed by atoms with van der Waals surface area (Å²) in [5, 5.41) is 118. The summed E-state index contributed by atoms with van der Waals surface area (Å²) in [6.45, 7) is -0.685. The van der Waals surface area contributed by atoms with Gasteiger partial charge in [0.2, 0.25) is 11.8 Å². The third-order valence-corrected chi connectivity index (χ3v) is 7.87. The average molecular weight is 675 g/mol. The largest absolute Gasteiger partial charge is 0.477 e. The molecular formula is C25H42N2O19. The number of carbonyl (C=O) groups is 3. The molecule has 266 valence electrons. The maximum atomic E-state index is 12.4. The molecule has 0 aliphatic carbocycles. The third-order valence-electron chi connectivity index (χ3n) is 7.87. The molecule has 3 heterocycles. The predicted molar refractivity (Wildman–Crippen MR) is 142 cm³/mol. The van der Waals surface area contributed by atoms with Gasteiger partial charge in [-0.1, -0.05) is 0 Å². The molecule has 0 aromatic heterocycles. The van der Waals surface area contributed by atoms with E-state index < -0.39 is 142 Å². The van der Waals surface area contributed by atoms with Crippen LogP contribution in [0.1, 0.15) is 20.3 Å². The lowest BCUT2D eigenvalue weighted by Gasteiger charge is -2.48. The number of carboxylic acids is 1. The Morgan fingerprint density at radius 1 is 0.870 bits per heavy atom. The lowest BCUT2D eigenvalue weighted by Crippen LogP contribution is -2.69. The van der Waals surface area contributed by atoms with Crippen molar-refractivity contribution in [1.29, 1.82) is 0 Å². The van der Waals surface area contributed by atoms with Crippen LogP contribution >= 0.6 is 0 Å². The molecule has 0 bridgehead atoms. The number of carbonyl (C=O) groups excluding carboxylic acids is 2. The molecule has 3 aliphatic rings. The Balaban J connectivity index is 1.85. The summed E-state index contributed by atoms with van der Waals surface area (Å²) in [5.74, 6) is -6.15. The smallest absolute Gasteiger partial charge is 0.364 e. The Kier molecular flexibility index (Phi) is 13.1. The van der Waals surface area contributed by atoms with E-state index in [1.165, 1.54) is 0 Å². The van der Waals surface area contributed by atoms with Gasteiger partial charge in [-0.2, -0.15) is 0 Å². The van der Waals surface area contributed by atoms with Crippen molar-refractivity contribution in [1.82, 2.24) is 10.6 Å². The Morgan fingerprint density at radius 3 is 2.02 bits per heavy atom. The fourth-order valence-corrected chi connectivity index (χ4v) is 5.45. The number of hydrogen-bond acceptors (Lipinski definition) is 18. The Labute approximate surface area is 260 Å². The maximum Gasteiger partial charge on any atom is 0.364 e. The van der Waals surface area contributed by atoms with Crippen molar-refractivity contribution >= 4 is 17.8 Å². The summed E-state index contributed by atoms with van der Waals surface area (Å²) in [4.78, 5) is 35.9. The van der Waals surface area contributed by atoms with Crippen molar-refractivity contribution in [3.63, 3.8) is 0 Å². The average Bonchev–Trinajstić information content (AvgIpc) is 2.99. The van der Waals surface area contributed by atoms with Crippen molar-refractivity contribution in [3.8, 4) is 0 Å². The molecule has 0 radical (unpaired) electrons. The summed E-state index contributed by atoms with van der Waals surface area (Å²) in [5.41, 5.74) is 0. The van der Waals surface area contributed by atoms with Gasteiger partial charge in [-0.25, -0.2) is 4.79 Å². The summed E-state index contributed by atoms with van der Waals surface area (Å²) < 4.78 is 27.2. The number of rotatable bonds is 12. The van der Waals surface area contributed by atoms with E-state index in [1.54, 1.807) is 0 Å². The molecule has 16 atom stereocenters. The summed E-state index contributed by atoms with van der Waals surface area (Å²) >= 11 is 0. The fourth-order valence-electron chi connectivity index (χ4n) is 5.45. The first-order valence-electron chi connectivity index (χ1n) is 14.2. The van der Waals surface area contributed by atoms with Crippen molar-refractivity contribution in [2.75, 3.05) is 19.8 Å². The molecule has 16 unspecified atom stereocenters. The molecule has 0 spiro atoms. The highest BCUT2D eigenvalue weighted by Gasteiger charge is 2.57.